The molecule has 1 heterocycles. The zero-order chi connectivity index (χ0) is 26.8. The Morgan fingerprint density at radius 3 is 1.68 bits per heavy atom. The van der Waals surface area contributed by atoms with Gasteiger partial charge < -0.3 is 5.32 Å². The van der Waals surface area contributed by atoms with Gasteiger partial charge in [-0.2, -0.15) is 0 Å². The van der Waals surface area contributed by atoms with E-state index < -0.39 is 11.0 Å². The molecule has 0 atom stereocenters. The van der Waals surface area contributed by atoms with Gasteiger partial charge in [-0.3, -0.25) is 4.79 Å². The van der Waals surface area contributed by atoms with Crippen molar-refractivity contribution in [2.45, 2.75) is 33.2 Å². The molecule has 0 bridgehead atoms. The highest BCUT2D eigenvalue weighted by Gasteiger charge is 2.41. The highest BCUT2D eigenvalue weighted by molar-refractivity contribution is 5.95. The first-order valence-electron chi connectivity index (χ1n) is 12.7. The second-order valence-electron chi connectivity index (χ2n) is 10.4. The number of carbonyl (C=O) groups excluding carboxylic acids is 1. The van der Waals surface area contributed by atoms with Gasteiger partial charge in [0.25, 0.3) is 0 Å². The molecule has 0 saturated carbocycles. The fraction of sp³-hybridized carbons (Fsp3) is 0.188. The summed E-state index contributed by atoms with van der Waals surface area (Å²) >= 11 is 0. The SMILES string of the molecule is Cc1cc(-c2nnn(C(c3ccccc3)(c3ccccc3)c3ccccc3)n2)ccc1NC(=O)C(C)(C)C. The number of carbonyl (C=O) groups is 1. The summed E-state index contributed by atoms with van der Waals surface area (Å²) in [4.78, 5) is 14.2. The summed E-state index contributed by atoms with van der Waals surface area (Å²) in [6, 6.07) is 36.6. The molecule has 0 unspecified atom stereocenters. The van der Waals surface area contributed by atoms with Crippen molar-refractivity contribution in [1.82, 2.24) is 20.2 Å². The van der Waals surface area contributed by atoms with Crippen LogP contribution in [0.25, 0.3) is 11.4 Å². The standard InChI is InChI=1S/C32H31N5O/c1-23-22-24(20-21-28(23)33-30(38)31(2,3)4)29-34-36-37(35-29)32(25-14-8-5-9-15-25,26-16-10-6-11-17-26)27-18-12-7-13-19-27/h5-22H,1-4H3,(H,33,38). The number of tetrazole rings is 1. The molecule has 5 aromatic rings. The molecule has 5 rings (SSSR count). The zero-order valence-electron chi connectivity index (χ0n) is 22.1. The molecule has 0 aliphatic rings. The Labute approximate surface area is 223 Å². The Kier molecular flexibility index (Phi) is 6.64. The predicted octanol–water partition coefficient (Wildman–Crippen LogP) is 6.47. The van der Waals surface area contributed by atoms with Gasteiger partial charge in [-0.15, -0.1) is 15.0 Å². The number of rotatable bonds is 6. The van der Waals surface area contributed by atoms with E-state index in [-0.39, 0.29) is 5.91 Å². The fourth-order valence-electron chi connectivity index (χ4n) is 4.61. The Hall–Kier alpha value is -4.58. The van der Waals surface area contributed by atoms with Crippen molar-refractivity contribution in [3.05, 3.63) is 131 Å². The van der Waals surface area contributed by atoms with Crippen molar-refractivity contribution < 1.29 is 4.79 Å². The topological polar surface area (TPSA) is 72.7 Å². The predicted molar refractivity (Wildman–Crippen MR) is 151 cm³/mol. The van der Waals surface area contributed by atoms with Gasteiger partial charge in [-0.05, 0) is 52.6 Å². The molecule has 1 N–H and O–H groups in total. The smallest absolute Gasteiger partial charge is 0.229 e. The van der Waals surface area contributed by atoms with Gasteiger partial charge in [-0.25, -0.2) is 0 Å². The van der Waals surface area contributed by atoms with E-state index in [1.807, 2.05) is 100 Å². The quantitative estimate of drug-likeness (QED) is 0.271. The minimum Gasteiger partial charge on any atom is -0.325 e. The number of nitrogens with zero attached hydrogens (tertiary/aromatic N) is 4. The van der Waals surface area contributed by atoms with Gasteiger partial charge in [0.05, 0.1) is 0 Å². The molecular weight excluding hydrogens is 470 g/mol. The fourth-order valence-corrected chi connectivity index (χ4v) is 4.61. The van der Waals surface area contributed by atoms with E-state index >= 15 is 0 Å². The molecule has 1 aromatic heterocycles. The van der Waals surface area contributed by atoms with Crippen LogP contribution in [0.2, 0.25) is 0 Å². The summed E-state index contributed by atoms with van der Waals surface area (Å²) in [7, 11) is 0. The second kappa shape index (κ2) is 10.1. The summed E-state index contributed by atoms with van der Waals surface area (Å²) < 4.78 is 0. The van der Waals surface area contributed by atoms with Crippen LogP contribution in [0.5, 0.6) is 0 Å². The number of hydrogen-bond acceptors (Lipinski definition) is 4. The molecule has 0 fully saturated rings. The van der Waals surface area contributed by atoms with E-state index in [0.717, 1.165) is 33.5 Å². The zero-order valence-corrected chi connectivity index (χ0v) is 22.1. The van der Waals surface area contributed by atoms with Crippen LogP contribution in [-0.4, -0.2) is 26.1 Å². The summed E-state index contributed by atoms with van der Waals surface area (Å²) in [6.45, 7) is 7.65. The number of nitrogens with one attached hydrogen (secondary N) is 1. The third-order valence-corrected chi connectivity index (χ3v) is 6.70. The molecule has 0 spiro atoms. The molecule has 0 aliphatic heterocycles. The van der Waals surface area contributed by atoms with Crippen LogP contribution in [0.4, 0.5) is 5.69 Å². The van der Waals surface area contributed by atoms with Crippen molar-refractivity contribution in [3.63, 3.8) is 0 Å². The summed E-state index contributed by atoms with van der Waals surface area (Å²) in [5.74, 6) is 0.477. The molecular formula is C32H31N5O. The maximum Gasteiger partial charge on any atom is 0.229 e. The van der Waals surface area contributed by atoms with E-state index in [9.17, 15) is 4.79 Å². The number of anilines is 1. The molecule has 1 amide bonds. The highest BCUT2D eigenvalue weighted by atomic mass is 16.2. The Balaban J connectivity index is 1.64. The molecule has 38 heavy (non-hydrogen) atoms. The third-order valence-electron chi connectivity index (χ3n) is 6.70. The number of amides is 1. The monoisotopic (exact) mass is 501 g/mol. The van der Waals surface area contributed by atoms with Crippen LogP contribution < -0.4 is 5.32 Å². The molecule has 0 radical (unpaired) electrons. The molecule has 190 valence electrons. The molecule has 4 aromatic carbocycles. The highest BCUT2D eigenvalue weighted by Crippen LogP contribution is 2.40. The van der Waals surface area contributed by atoms with Crippen molar-refractivity contribution in [2.75, 3.05) is 5.32 Å². The van der Waals surface area contributed by atoms with E-state index in [0.29, 0.717) is 5.82 Å². The second-order valence-corrected chi connectivity index (χ2v) is 10.4. The third kappa shape index (κ3) is 4.61. The molecule has 6 nitrogen and oxygen atoms in total. The van der Waals surface area contributed by atoms with Gasteiger partial charge in [0.2, 0.25) is 11.7 Å². The molecule has 0 aliphatic carbocycles. The summed E-state index contributed by atoms with van der Waals surface area (Å²) in [5.41, 5.74) is 4.29. The van der Waals surface area contributed by atoms with Crippen LogP contribution in [0.3, 0.4) is 0 Å². The number of aromatic nitrogens is 4. The van der Waals surface area contributed by atoms with Gasteiger partial charge in [0.1, 0.15) is 0 Å². The lowest BCUT2D eigenvalue weighted by Crippen LogP contribution is -2.39. The van der Waals surface area contributed by atoms with Crippen LogP contribution in [0.1, 0.15) is 43.0 Å². The number of aryl methyl sites for hydroxylation is 1. The van der Waals surface area contributed by atoms with Crippen LogP contribution >= 0.6 is 0 Å². The largest absolute Gasteiger partial charge is 0.325 e. The first kappa shape index (κ1) is 25.1. The number of hydrogen-bond donors (Lipinski definition) is 1. The van der Waals surface area contributed by atoms with Crippen molar-refractivity contribution in [3.8, 4) is 11.4 Å². The van der Waals surface area contributed by atoms with Crippen molar-refractivity contribution in [2.24, 2.45) is 5.41 Å². The van der Waals surface area contributed by atoms with Gasteiger partial charge >= 0.3 is 0 Å². The molecule has 6 heteroatoms. The van der Waals surface area contributed by atoms with E-state index in [4.69, 9.17) is 5.10 Å². The minimum atomic E-state index is -0.829. The van der Waals surface area contributed by atoms with Crippen LogP contribution in [0.15, 0.2) is 109 Å². The van der Waals surface area contributed by atoms with Gasteiger partial charge in [0.15, 0.2) is 5.54 Å². The average Bonchev–Trinajstić information content (AvgIpc) is 3.42. The van der Waals surface area contributed by atoms with E-state index in [2.05, 4.69) is 52.0 Å². The van der Waals surface area contributed by atoms with Crippen molar-refractivity contribution in [1.29, 1.82) is 0 Å². The first-order chi connectivity index (χ1) is 18.3. The Bertz CT molecular complexity index is 1440. The average molecular weight is 502 g/mol. The van der Waals surface area contributed by atoms with Gasteiger partial charge in [-0.1, -0.05) is 112 Å². The summed E-state index contributed by atoms with van der Waals surface area (Å²) in [5, 5.41) is 17.1. The van der Waals surface area contributed by atoms with E-state index in [1.54, 1.807) is 4.80 Å². The maximum absolute atomic E-state index is 12.5. The summed E-state index contributed by atoms with van der Waals surface area (Å²) in [6.07, 6.45) is 0. The number of benzene rings is 4. The lowest BCUT2D eigenvalue weighted by molar-refractivity contribution is -0.123. The van der Waals surface area contributed by atoms with Crippen molar-refractivity contribution >= 4 is 11.6 Å². The van der Waals surface area contributed by atoms with Crippen LogP contribution in [-0.2, 0) is 10.3 Å². The lowest BCUT2D eigenvalue weighted by Gasteiger charge is -2.34. The first-order valence-corrected chi connectivity index (χ1v) is 12.7. The Morgan fingerprint density at radius 2 is 1.24 bits per heavy atom. The maximum atomic E-state index is 12.5. The minimum absolute atomic E-state index is 0.0317. The molecule has 0 saturated heterocycles. The van der Waals surface area contributed by atoms with Crippen LogP contribution in [0, 0.1) is 12.3 Å². The van der Waals surface area contributed by atoms with Gasteiger partial charge in [0, 0.05) is 16.7 Å². The van der Waals surface area contributed by atoms with E-state index in [1.165, 1.54) is 0 Å². The lowest BCUT2D eigenvalue weighted by atomic mass is 9.77. The normalized spacial score (nSPS) is 11.8. The Morgan fingerprint density at radius 1 is 0.737 bits per heavy atom.